The molecule has 0 aliphatic rings. The van der Waals surface area contributed by atoms with Gasteiger partial charge in [-0.05, 0) is 18.3 Å². The van der Waals surface area contributed by atoms with Crippen molar-refractivity contribution in [1.29, 1.82) is 0 Å². The summed E-state index contributed by atoms with van der Waals surface area (Å²) in [5.41, 5.74) is 3.93. The summed E-state index contributed by atoms with van der Waals surface area (Å²) in [5.74, 6) is -0.782. The first-order valence-corrected chi connectivity index (χ1v) is 4.89. The van der Waals surface area contributed by atoms with E-state index in [0.717, 1.165) is 19.3 Å². The van der Waals surface area contributed by atoms with Crippen LogP contribution in [0.3, 0.4) is 0 Å². The zero-order valence-electron chi connectivity index (χ0n) is 8.97. The minimum atomic E-state index is -0.782. The Morgan fingerprint density at radius 3 is 2.31 bits per heavy atom. The van der Waals surface area contributed by atoms with Crippen molar-refractivity contribution in [3.8, 4) is 0 Å². The second-order valence-electron chi connectivity index (χ2n) is 4.84. The number of unbranched alkanes of at least 4 members (excludes halogenated alkanes) is 1. The molecule has 3 heteroatoms. The van der Waals surface area contributed by atoms with Gasteiger partial charge in [0.15, 0.2) is 6.04 Å². The Morgan fingerprint density at radius 1 is 1.38 bits per heavy atom. The van der Waals surface area contributed by atoms with Crippen LogP contribution in [0.25, 0.3) is 0 Å². The summed E-state index contributed by atoms with van der Waals surface area (Å²) in [6, 6.07) is -0.431. The highest BCUT2D eigenvalue weighted by Gasteiger charge is 2.15. The van der Waals surface area contributed by atoms with E-state index in [9.17, 15) is 4.79 Å². The third kappa shape index (κ3) is 7.78. The number of hydrogen-bond acceptors (Lipinski definition) is 1. The maximum absolute atomic E-state index is 10.4. The monoisotopic (exact) mass is 188 g/mol. The van der Waals surface area contributed by atoms with Crippen LogP contribution in [0.4, 0.5) is 0 Å². The molecule has 0 spiro atoms. The van der Waals surface area contributed by atoms with Gasteiger partial charge in [-0.2, -0.15) is 0 Å². The molecule has 0 aromatic carbocycles. The SMILES string of the molecule is CC(C)(C)CCCCC([NH3+])C(=O)O. The molecule has 78 valence electrons. The smallest absolute Gasteiger partial charge is 0.362 e. The van der Waals surface area contributed by atoms with Crippen LogP contribution in [-0.2, 0) is 4.79 Å². The zero-order chi connectivity index (χ0) is 10.5. The molecular weight excluding hydrogens is 166 g/mol. The topological polar surface area (TPSA) is 64.9 Å². The summed E-state index contributed by atoms with van der Waals surface area (Å²) in [6.45, 7) is 6.60. The molecule has 4 N–H and O–H groups in total. The Kier molecular flexibility index (Phi) is 4.99. The summed E-state index contributed by atoms with van der Waals surface area (Å²) in [5, 5.41) is 8.58. The predicted octanol–water partition coefficient (Wildman–Crippen LogP) is 1.29. The summed E-state index contributed by atoms with van der Waals surface area (Å²) >= 11 is 0. The number of hydrogen-bond donors (Lipinski definition) is 2. The third-order valence-corrected chi connectivity index (χ3v) is 2.08. The Bertz CT molecular complexity index is 161. The molecule has 0 fully saturated rings. The van der Waals surface area contributed by atoms with Crippen molar-refractivity contribution in [3.05, 3.63) is 0 Å². The van der Waals surface area contributed by atoms with Crippen molar-refractivity contribution in [2.75, 3.05) is 0 Å². The Morgan fingerprint density at radius 2 is 1.92 bits per heavy atom. The van der Waals surface area contributed by atoms with Gasteiger partial charge in [-0.15, -0.1) is 0 Å². The van der Waals surface area contributed by atoms with Crippen LogP contribution in [0.1, 0.15) is 46.5 Å². The van der Waals surface area contributed by atoms with Crippen molar-refractivity contribution >= 4 is 5.97 Å². The van der Waals surface area contributed by atoms with E-state index in [1.165, 1.54) is 0 Å². The molecule has 0 aromatic heterocycles. The molecule has 0 aliphatic carbocycles. The van der Waals surface area contributed by atoms with Gasteiger partial charge < -0.3 is 10.8 Å². The first-order valence-electron chi connectivity index (χ1n) is 4.89. The van der Waals surface area contributed by atoms with Gasteiger partial charge in [-0.3, -0.25) is 0 Å². The van der Waals surface area contributed by atoms with E-state index >= 15 is 0 Å². The fourth-order valence-corrected chi connectivity index (χ4v) is 1.17. The summed E-state index contributed by atoms with van der Waals surface area (Å²) in [6.07, 6.45) is 3.92. The van der Waals surface area contributed by atoms with Crippen molar-refractivity contribution in [2.45, 2.75) is 52.5 Å². The van der Waals surface area contributed by atoms with Crippen LogP contribution in [0, 0.1) is 5.41 Å². The maximum Gasteiger partial charge on any atom is 0.362 e. The second-order valence-corrected chi connectivity index (χ2v) is 4.84. The standard InChI is InChI=1S/C10H21NO2/c1-10(2,3)7-5-4-6-8(11)9(12)13/h8H,4-7,11H2,1-3H3,(H,12,13)/p+1. The van der Waals surface area contributed by atoms with E-state index in [2.05, 4.69) is 26.5 Å². The molecule has 13 heavy (non-hydrogen) atoms. The first kappa shape index (κ1) is 12.4. The number of quaternary nitrogens is 1. The van der Waals surface area contributed by atoms with E-state index in [1.54, 1.807) is 0 Å². The van der Waals surface area contributed by atoms with Gasteiger partial charge in [-0.1, -0.05) is 27.2 Å². The van der Waals surface area contributed by atoms with E-state index in [0.29, 0.717) is 11.8 Å². The molecule has 0 aliphatic heterocycles. The Balaban J connectivity index is 3.41. The molecule has 0 radical (unpaired) electrons. The normalized spacial score (nSPS) is 14.2. The molecule has 0 saturated heterocycles. The van der Waals surface area contributed by atoms with Gasteiger partial charge >= 0.3 is 5.97 Å². The van der Waals surface area contributed by atoms with Gasteiger partial charge in [0.2, 0.25) is 0 Å². The van der Waals surface area contributed by atoms with Crippen LogP contribution in [-0.4, -0.2) is 17.1 Å². The number of carbonyl (C=O) groups is 1. The highest BCUT2D eigenvalue weighted by Crippen LogP contribution is 2.21. The van der Waals surface area contributed by atoms with E-state index in [4.69, 9.17) is 5.11 Å². The molecule has 3 nitrogen and oxygen atoms in total. The lowest BCUT2D eigenvalue weighted by atomic mass is 9.89. The Hall–Kier alpha value is -0.570. The van der Waals surface area contributed by atoms with Gasteiger partial charge in [0.1, 0.15) is 0 Å². The Labute approximate surface area is 80.3 Å². The minimum absolute atomic E-state index is 0.361. The molecule has 1 unspecified atom stereocenters. The fraction of sp³-hybridized carbons (Fsp3) is 0.900. The van der Waals surface area contributed by atoms with Crippen LogP contribution in [0.15, 0.2) is 0 Å². The van der Waals surface area contributed by atoms with Gasteiger partial charge in [0, 0.05) is 6.42 Å². The number of rotatable bonds is 5. The minimum Gasteiger partial charge on any atom is -0.477 e. The summed E-state index contributed by atoms with van der Waals surface area (Å²) in [4.78, 5) is 10.4. The molecule has 0 aromatic rings. The third-order valence-electron chi connectivity index (χ3n) is 2.08. The fourth-order valence-electron chi connectivity index (χ4n) is 1.17. The number of carboxylic acid groups (broad SMARTS) is 1. The van der Waals surface area contributed by atoms with Crippen LogP contribution >= 0.6 is 0 Å². The van der Waals surface area contributed by atoms with E-state index in [-0.39, 0.29) is 0 Å². The molecular formula is C10H22NO2+. The van der Waals surface area contributed by atoms with Gasteiger partial charge in [0.05, 0.1) is 0 Å². The van der Waals surface area contributed by atoms with Crippen molar-refractivity contribution in [1.82, 2.24) is 0 Å². The molecule has 0 rings (SSSR count). The molecule has 0 bridgehead atoms. The van der Waals surface area contributed by atoms with Crippen LogP contribution in [0.5, 0.6) is 0 Å². The molecule has 0 heterocycles. The van der Waals surface area contributed by atoms with Crippen molar-refractivity contribution in [2.24, 2.45) is 5.41 Å². The molecule has 0 amide bonds. The lowest BCUT2D eigenvalue weighted by molar-refractivity contribution is -0.409. The lowest BCUT2D eigenvalue weighted by Gasteiger charge is -2.17. The highest BCUT2D eigenvalue weighted by atomic mass is 16.4. The molecule has 1 atom stereocenters. The predicted molar refractivity (Wildman–Crippen MR) is 52.2 cm³/mol. The van der Waals surface area contributed by atoms with Crippen molar-refractivity contribution in [3.63, 3.8) is 0 Å². The largest absolute Gasteiger partial charge is 0.477 e. The van der Waals surface area contributed by atoms with Crippen molar-refractivity contribution < 1.29 is 15.6 Å². The highest BCUT2D eigenvalue weighted by molar-refractivity contribution is 5.71. The second kappa shape index (κ2) is 5.22. The molecule has 0 saturated carbocycles. The van der Waals surface area contributed by atoms with Gasteiger partial charge in [-0.25, -0.2) is 4.79 Å². The van der Waals surface area contributed by atoms with Gasteiger partial charge in [0.25, 0.3) is 0 Å². The van der Waals surface area contributed by atoms with Crippen LogP contribution < -0.4 is 5.73 Å². The number of carboxylic acids is 1. The van der Waals surface area contributed by atoms with Crippen LogP contribution in [0.2, 0.25) is 0 Å². The maximum atomic E-state index is 10.4. The summed E-state index contributed by atoms with van der Waals surface area (Å²) < 4.78 is 0. The quantitative estimate of drug-likeness (QED) is 0.638. The zero-order valence-corrected chi connectivity index (χ0v) is 8.97. The number of aliphatic carboxylic acids is 1. The summed E-state index contributed by atoms with van der Waals surface area (Å²) in [7, 11) is 0. The first-order chi connectivity index (χ1) is 5.83. The lowest BCUT2D eigenvalue weighted by Crippen LogP contribution is -2.64. The average molecular weight is 188 g/mol. The average Bonchev–Trinajstić information content (AvgIpc) is 1.95. The van der Waals surface area contributed by atoms with E-state index < -0.39 is 12.0 Å². The van der Waals surface area contributed by atoms with E-state index in [1.807, 2.05) is 0 Å².